The van der Waals surface area contributed by atoms with Gasteiger partial charge in [-0.2, -0.15) is 0 Å². The summed E-state index contributed by atoms with van der Waals surface area (Å²) in [5.41, 5.74) is 7.72. The fourth-order valence-corrected chi connectivity index (χ4v) is 3.32. The van der Waals surface area contributed by atoms with E-state index in [2.05, 4.69) is 56.3 Å². The van der Waals surface area contributed by atoms with Gasteiger partial charge in [0, 0.05) is 0 Å². The molecule has 0 unspecified atom stereocenters. The Balaban J connectivity index is 2.14. The summed E-state index contributed by atoms with van der Waals surface area (Å²) >= 11 is 0. The molecule has 1 heteroatoms. The Morgan fingerprint density at radius 1 is 1.06 bits per heavy atom. The minimum absolute atomic E-state index is 0.360. The van der Waals surface area contributed by atoms with Crippen molar-refractivity contribution >= 4 is 10.8 Å². The van der Waals surface area contributed by atoms with Crippen LogP contribution in [0.5, 0.6) is 0 Å². The third-order valence-corrected chi connectivity index (χ3v) is 4.46. The van der Waals surface area contributed by atoms with E-state index < -0.39 is 0 Å². The predicted octanol–water partition coefficient (Wildman–Crippen LogP) is 3.54. The third kappa shape index (κ3) is 1.49. The van der Waals surface area contributed by atoms with Crippen molar-refractivity contribution < 1.29 is 0 Å². The molecule has 0 radical (unpaired) electrons. The van der Waals surface area contributed by atoms with Crippen molar-refractivity contribution in [2.75, 3.05) is 6.54 Å². The maximum Gasteiger partial charge on any atom is -0.00375 e. The van der Waals surface area contributed by atoms with Crippen LogP contribution in [0.25, 0.3) is 10.8 Å². The molecule has 0 spiro atoms. The fraction of sp³-hybridized carbons (Fsp3) is 0.375. The molecule has 1 fully saturated rings. The first-order valence-electron chi connectivity index (χ1n) is 6.34. The monoisotopic (exact) mass is 225 g/mol. The molecule has 0 aromatic heterocycles. The number of benzene rings is 2. The molecule has 1 saturated carbocycles. The first-order chi connectivity index (χ1) is 8.16. The molecule has 0 amide bonds. The number of fused-ring (bicyclic) bond motifs is 1. The maximum absolute atomic E-state index is 5.88. The van der Waals surface area contributed by atoms with E-state index in [-0.39, 0.29) is 0 Å². The Labute approximate surface area is 103 Å². The number of rotatable bonds is 2. The van der Waals surface area contributed by atoms with Crippen molar-refractivity contribution in [3.8, 4) is 0 Å². The quantitative estimate of drug-likeness (QED) is 0.831. The van der Waals surface area contributed by atoms with Crippen LogP contribution in [0.3, 0.4) is 0 Å². The summed E-state index contributed by atoms with van der Waals surface area (Å²) in [6, 6.07) is 15.3. The Morgan fingerprint density at radius 2 is 1.76 bits per heavy atom. The summed E-state index contributed by atoms with van der Waals surface area (Å²) in [6.45, 7) is 5.45. The van der Waals surface area contributed by atoms with Gasteiger partial charge in [-0.15, -0.1) is 0 Å². The molecule has 3 rings (SSSR count). The zero-order valence-corrected chi connectivity index (χ0v) is 10.5. The van der Waals surface area contributed by atoms with Gasteiger partial charge in [-0.05, 0) is 40.1 Å². The van der Waals surface area contributed by atoms with E-state index in [9.17, 15) is 0 Å². The normalized spacial score (nSPS) is 26.1. The van der Waals surface area contributed by atoms with Gasteiger partial charge in [-0.1, -0.05) is 56.3 Å². The van der Waals surface area contributed by atoms with Crippen molar-refractivity contribution in [1.82, 2.24) is 0 Å². The van der Waals surface area contributed by atoms with Crippen LogP contribution in [0, 0.1) is 11.3 Å². The molecule has 2 aromatic rings. The molecule has 88 valence electrons. The van der Waals surface area contributed by atoms with Gasteiger partial charge < -0.3 is 5.73 Å². The average molecular weight is 225 g/mol. The average Bonchev–Trinajstić information content (AvgIpc) is 2.90. The van der Waals surface area contributed by atoms with Crippen molar-refractivity contribution in [2.45, 2.75) is 19.8 Å². The summed E-state index contributed by atoms with van der Waals surface area (Å²) in [4.78, 5) is 0. The maximum atomic E-state index is 5.88. The summed E-state index contributed by atoms with van der Waals surface area (Å²) in [7, 11) is 0. The van der Waals surface area contributed by atoms with Crippen molar-refractivity contribution in [2.24, 2.45) is 17.1 Å². The Morgan fingerprint density at radius 3 is 2.47 bits per heavy atom. The second kappa shape index (κ2) is 3.58. The van der Waals surface area contributed by atoms with Crippen molar-refractivity contribution in [3.63, 3.8) is 0 Å². The van der Waals surface area contributed by atoms with Gasteiger partial charge in [0.2, 0.25) is 0 Å². The van der Waals surface area contributed by atoms with E-state index in [1.165, 1.54) is 16.3 Å². The lowest BCUT2D eigenvalue weighted by Crippen LogP contribution is -2.05. The van der Waals surface area contributed by atoms with Gasteiger partial charge >= 0.3 is 0 Å². The summed E-state index contributed by atoms with van der Waals surface area (Å²) < 4.78 is 0. The highest BCUT2D eigenvalue weighted by Crippen LogP contribution is 2.64. The van der Waals surface area contributed by atoms with Crippen LogP contribution in [0.15, 0.2) is 42.5 Å². The fourth-order valence-electron chi connectivity index (χ4n) is 3.32. The van der Waals surface area contributed by atoms with Crippen LogP contribution < -0.4 is 5.73 Å². The molecule has 0 aliphatic heterocycles. The Hall–Kier alpha value is -1.34. The third-order valence-electron chi connectivity index (χ3n) is 4.46. The van der Waals surface area contributed by atoms with Gasteiger partial charge in [0.1, 0.15) is 0 Å². The van der Waals surface area contributed by atoms with E-state index in [0.717, 1.165) is 6.54 Å². The Bertz CT molecular complexity index is 551. The molecule has 0 saturated heterocycles. The van der Waals surface area contributed by atoms with Gasteiger partial charge in [0.25, 0.3) is 0 Å². The van der Waals surface area contributed by atoms with Gasteiger partial charge in [-0.3, -0.25) is 0 Å². The molecule has 2 N–H and O–H groups in total. The van der Waals surface area contributed by atoms with Crippen LogP contribution >= 0.6 is 0 Å². The minimum atomic E-state index is 0.360. The van der Waals surface area contributed by atoms with Crippen LogP contribution in [0.2, 0.25) is 0 Å². The van der Waals surface area contributed by atoms with Gasteiger partial charge in [-0.25, -0.2) is 0 Å². The zero-order chi connectivity index (χ0) is 12.0. The van der Waals surface area contributed by atoms with Crippen LogP contribution in [-0.4, -0.2) is 6.54 Å². The highest BCUT2D eigenvalue weighted by Gasteiger charge is 2.57. The van der Waals surface area contributed by atoms with E-state index in [1.807, 2.05) is 0 Å². The Kier molecular flexibility index (Phi) is 2.27. The van der Waals surface area contributed by atoms with Crippen LogP contribution in [0.1, 0.15) is 25.3 Å². The SMILES string of the molecule is CC1(C)[C@H](CN)[C@H]1c1cccc2ccccc12. The predicted molar refractivity (Wildman–Crippen MR) is 73.0 cm³/mol. The van der Waals surface area contributed by atoms with E-state index in [4.69, 9.17) is 5.73 Å². The minimum Gasteiger partial charge on any atom is -0.330 e. The van der Waals surface area contributed by atoms with E-state index >= 15 is 0 Å². The molecule has 17 heavy (non-hydrogen) atoms. The van der Waals surface area contributed by atoms with Gasteiger partial charge in [0.15, 0.2) is 0 Å². The van der Waals surface area contributed by atoms with E-state index in [1.54, 1.807) is 0 Å². The van der Waals surface area contributed by atoms with Gasteiger partial charge in [0.05, 0.1) is 0 Å². The molecular weight excluding hydrogens is 206 g/mol. The molecule has 2 atom stereocenters. The molecule has 0 bridgehead atoms. The lowest BCUT2D eigenvalue weighted by atomic mass is 9.97. The second-order valence-corrected chi connectivity index (χ2v) is 5.71. The first-order valence-corrected chi connectivity index (χ1v) is 6.34. The molecule has 2 aromatic carbocycles. The van der Waals surface area contributed by atoms with Crippen molar-refractivity contribution in [3.05, 3.63) is 48.0 Å². The highest BCUT2D eigenvalue weighted by molar-refractivity contribution is 5.86. The summed E-state index contributed by atoms with van der Waals surface area (Å²) in [6.07, 6.45) is 0. The standard InChI is InChI=1S/C16H19N/c1-16(2)14(10-17)15(16)13-9-5-7-11-6-3-4-8-12(11)13/h3-9,14-15H,10,17H2,1-2H3/t14-,15-/m1/s1. The van der Waals surface area contributed by atoms with Crippen LogP contribution in [0.4, 0.5) is 0 Å². The molecule has 0 heterocycles. The number of nitrogens with two attached hydrogens (primary N) is 1. The molecule has 1 nitrogen and oxygen atoms in total. The topological polar surface area (TPSA) is 26.0 Å². The number of hydrogen-bond acceptors (Lipinski definition) is 1. The van der Waals surface area contributed by atoms with E-state index in [0.29, 0.717) is 17.3 Å². The number of hydrogen-bond donors (Lipinski definition) is 1. The largest absolute Gasteiger partial charge is 0.330 e. The first kappa shape index (κ1) is 10.8. The lowest BCUT2D eigenvalue weighted by Gasteiger charge is -2.07. The molecular formula is C16H19N. The summed E-state index contributed by atoms with van der Waals surface area (Å²) in [5, 5.41) is 2.73. The zero-order valence-electron chi connectivity index (χ0n) is 10.5. The van der Waals surface area contributed by atoms with Crippen molar-refractivity contribution in [1.29, 1.82) is 0 Å². The second-order valence-electron chi connectivity index (χ2n) is 5.71. The lowest BCUT2D eigenvalue weighted by molar-refractivity contribution is 0.559. The molecule has 1 aliphatic carbocycles. The van der Waals surface area contributed by atoms with Crippen LogP contribution in [-0.2, 0) is 0 Å². The summed E-state index contributed by atoms with van der Waals surface area (Å²) in [5.74, 6) is 1.26. The smallest absolute Gasteiger partial charge is 0.00375 e. The highest BCUT2D eigenvalue weighted by atomic mass is 14.7. The molecule has 1 aliphatic rings.